The molecule has 0 fully saturated rings. The molecule has 0 saturated carbocycles. The number of fused-ring (bicyclic) bond motifs is 1. The van der Waals surface area contributed by atoms with Crippen molar-refractivity contribution in [2.45, 2.75) is 0 Å². The fourth-order valence-electron chi connectivity index (χ4n) is 1.91. The Morgan fingerprint density at radius 3 is 2.74 bits per heavy atom. The minimum Gasteiger partial charge on any atom is -0.478 e. The molecule has 5 nitrogen and oxygen atoms in total. The molecule has 1 heterocycles. The number of aromatic nitrogens is 1. The number of nitrogens with zero attached hydrogens (tertiary/aromatic N) is 1. The van der Waals surface area contributed by atoms with Crippen molar-refractivity contribution in [2.24, 2.45) is 0 Å². The van der Waals surface area contributed by atoms with Gasteiger partial charge in [-0.2, -0.15) is 0 Å². The number of carbonyl (C=O) groups is 1. The van der Waals surface area contributed by atoms with E-state index in [-0.39, 0.29) is 11.1 Å². The van der Waals surface area contributed by atoms with Gasteiger partial charge in [-0.1, -0.05) is 12.1 Å². The SMILES string of the molecule is Nc1cccc(-c2nc3cccc(C(=O)O)c3o2)c1. The molecule has 0 atom stereocenters. The van der Waals surface area contributed by atoms with Crippen molar-refractivity contribution in [3.8, 4) is 11.5 Å². The van der Waals surface area contributed by atoms with Crippen LogP contribution in [0.15, 0.2) is 46.9 Å². The Labute approximate surface area is 108 Å². The van der Waals surface area contributed by atoms with Crippen LogP contribution in [0.4, 0.5) is 5.69 Å². The quantitative estimate of drug-likeness (QED) is 0.686. The number of para-hydroxylation sites is 1. The first kappa shape index (κ1) is 11.3. The van der Waals surface area contributed by atoms with E-state index in [0.717, 1.165) is 0 Å². The molecule has 0 aliphatic rings. The summed E-state index contributed by atoms with van der Waals surface area (Å²) in [7, 11) is 0. The zero-order chi connectivity index (χ0) is 13.4. The summed E-state index contributed by atoms with van der Waals surface area (Å²) in [6, 6.07) is 11.9. The summed E-state index contributed by atoms with van der Waals surface area (Å²) in [6.07, 6.45) is 0. The fourth-order valence-corrected chi connectivity index (χ4v) is 1.91. The first-order valence-corrected chi connectivity index (χ1v) is 5.64. The lowest BCUT2D eigenvalue weighted by atomic mass is 10.2. The van der Waals surface area contributed by atoms with E-state index in [1.54, 1.807) is 30.3 Å². The highest BCUT2D eigenvalue weighted by Crippen LogP contribution is 2.27. The van der Waals surface area contributed by atoms with Crippen LogP contribution in [0.2, 0.25) is 0 Å². The first-order valence-electron chi connectivity index (χ1n) is 5.64. The highest BCUT2D eigenvalue weighted by molar-refractivity contribution is 6.00. The second-order valence-electron chi connectivity index (χ2n) is 4.10. The largest absolute Gasteiger partial charge is 0.478 e. The molecular formula is C14H10N2O3. The summed E-state index contributed by atoms with van der Waals surface area (Å²) in [5.74, 6) is -0.683. The molecule has 19 heavy (non-hydrogen) atoms. The van der Waals surface area contributed by atoms with Crippen LogP contribution in [0, 0.1) is 0 Å². The van der Waals surface area contributed by atoms with Gasteiger partial charge in [0.05, 0.1) is 0 Å². The van der Waals surface area contributed by atoms with Crippen LogP contribution in [0.1, 0.15) is 10.4 Å². The standard InChI is InChI=1S/C14H10N2O3/c15-9-4-1-3-8(7-9)13-16-11-6-2-5-10(14(17)18)12(11)19-13/h1-7H,15H2,(H,17,18). The van der Waals surface area contributed by atoms with Crippen molar-refractivity contribution in [1.29, 1.82) is 0 Å². The Morgan fingerprint density at radius 2 is 2.00 bits per heavy atom. The molecule has 2 aromatic carbocycles. The van der Waals surface area contributed by atoms with Crippen molar-refractivity contribution in [2.75, 3.05) is 5.73 Å². The maximum Gasteiger partial charge on any atom is 0.339 e. The molecule has 0 aliphatic heterocycles. The minimum atomic E-state index is -1.04. The number of benzene rings is 2. The Balaban J connectivity index is 2.22. The summed E-state index contributed by atoms with van der Waals surface area (Å²) in [4.78, 5) is 15.4. The Hall–Kier alpha value is -2.82. The molecule has 3 aromatic rings. The zero-order valence-electron chi connectivity index (χ0n) is 9.83. The number of rotatable bonds is 2. The fraction of sp³-hybridized carbons (Fsp3) is 0. The number of hydrogen-bond acceptors (Lipinski definition) is 4. The first-order chi connectivity index (χ1) is 9.15. The molecule has 0 spiro atoms. The van der Waals surface area contributed by atoms with E-state index in [4.69, 9.17) is 15.3 Å². The lowest BCUT2D eigenvalue weighted by molar-refractivity contribution is 0.0698. The topological polar surface area (TPSA) is 89.3 Å². The Kier molecular flexibility index (Phi) is 2.45. The molecule has 94 valence electrons. The maximum absolute atomic E-state index is 11.1. The summed E-state index contributed by atoms with van der Waals surface area (Å²) >= 11 is 0. The number of carboxylic acids is 1. The van der Waals surface area contributed by atoms with E-state index >= 15 is 0 Å². The molecule has 3 N–H and O–H groups in total. The van der Waals surface area contributed by atoms with E-state index in [1.165, 1.54) is 6.07 Å². The maximum atomic E-state index is 11.1. The van der Waals surface area contributed by atoms with Crippen LogP contribution in [-0.2, 0) is 0 Å². The normalized spacial score (nSPS) is 10.7. The van der Waals surface area contributed by atoms with Gasteiger partial charge < -0.3 is 15.3 Å². The predicted molar refractivity (Wildman–Crippen MR) is 70.8 cm³/mol. The average Bonchev–Trinajstić information content (AvgIpc) is 2.82. The monoisotopic (exact) mass is 254 g/mol. The molecule has 0 saturated heterocycles. The van der Waals surface area contributed by atoms with E-state index in [9.17, 15) is 4.79 Å². The van der Waals surface area contributed by atoms with Crippen molar-refractivity contribution < 1.29 is 14.3 Å². The molecule has 0 unspecified atom stereocenters. The van der Waals surface area contributed by atoms with Gasteiger partial charge in [0.25, 0.3) is 0 Å². The third kappa shape index (κ3) is 1.91. The van der Waals surface area contributed by atoms with Gasteiger partial charge in [-0.3, -0.25) is 0 Å². The van der Waals surface area contributed by atoms with Gasteiger partial charge in [0.15, 0.2) is 5.58 Å². The summed E-state index contributed by atoms with van der Waals surface area (Å²) in [5, 5.41) is 9.10. The summed E-state index contributed by atoms with van der Waals surface area (Å²) < 4.78 is 5.55. The second kappa shape index (κ2) is 4.13. The lowest BCUT2D eigenvalue weighted by Crippen LogP contribution is -1.95. The summed E-state index contributed by atoms with van der Waals surface area (Å²) in [6.45, 7) is 0. The average molecular weight is 254 g/mol. The molecule has 0 aliphatic carbocycles. The van der Waals surface area contributed by atoms with Gasteiger partial charge in [-0.05, 0) is 30.3 Å². The van der Waals surface area contributed by atoms with Gasteiger partial charge >= 0.3 is 5.97 Å². The minimum absolute atomic E-state index is 0.0974. The van der Waals surface area contributed by atoms with Gasteiger partial charge in [0.1, 0.15) is 11.1 Å². The van der Waals surface area contributed by atoms with Crippen LogP contribution in [0.3, 0.4) is 0 Å². The number of hydrogen-bond donors (Lipinski definition) is 2. The molecular weight excluding hydrogens is 244 g/mol. The van der Waals surface area contributed by atoms with Crippen molar-refractivity contribution in [3.63, 3.8) is 0 Å². The molecule has 0 bridgehead atoms. The van der Waals surface area contributed by atoms with Gasteiger partial charge in [0.2, 0.25) is 5.89 Å². The number of carboxylic acid groups (broad SMARTS) is 1. The van der Waals surface area contributed by atoms with Gasteiger partial charge in [0, 0.05) is 11.3 Å². The van der Waals surface area contributed by atoms with Crippen molar-refractivity contribution in [3.05, 3.63) is 48.0 Å². The highest BCUT2D eigenvalue weighted by Gasteiger charge is 2.15. The highest BCUT2D eigenvalue weighted by atomic mass is 16.4. The predicted octanol–water partition coefficient (Wildman–Crippen LogP) is 2.78. The van der Waals surface area contributed by atoms with Crippen LogP contribution < -0.4 is 5.73 Å². The second-order valence-corrected chi connectivity index (χ2v) is 4.10. The van der Waals surface area contributed by atoms with Crippen molar-refractivity contribution in [1.82, 2.24) is 4.98 Å². The van der Waals surface area contributed by atoms with Crippen LogP contribution >= 0.6 is 0 Å². The Morgan fingerprint density at radius 1 is 1.21 bits per heavy atom. The lowest BCUT2D eigenvalue weighted by Gasteiger charge is -1.96. The molecule has 1 aromatic heterocycles. The van der Waals surface area contributed by atoms with Gasteiger partial charge in [-0.25, -0.2) is 9.78 Å². The van der Waals surface area contributed by atoms with E-state index in [0.29, 0.717) is 22.7 Å². The number of oxazole rings is 1. The molecule has 3 rings (SSSR count). The van der Waals surface area contributed by atoms with E-state index < -0.39 is 5.97 Å². The number of aromatic carboxylic acids is 1. The third-order valence-electron chi connectivity index (χ3n) is 2.78. The zero-order valence-corrected chi connectivity index (χ0v) is 9.83. The van der Waals surface area contributed by atoms with Crippen LogP contribution in [0.5, 0.6) is 0 Å². The van der Waals surface area contributed by atoms with Crippen LogP contribution in [0.25, 0.3) is 22.6 Å². The van der Waals surface area contributed by atoms with E-state index in [1.807, 2.05) is 6.07 Å². The molecule has 0 amide bonds. The smallest absolute Gasteiger partial charge is 0.339 e. The Bertz CT molecular complexity index is 777. The van der Waals surface area contributed by atoms with Crippen LogP contribution in [-0.4, -0.2) is 16.1 Å². The molecule has 0 radical (unpaired) electrons. The third-order valence-corrected chi connectivity index (χ3v) is 2.78. The number of nitrogen functional groups attached to an aromatic ring is 1. The van der Waals surface area contributed by atoms with Gasteiger partial charge in [-0.15, -0.1) is 0 Å². The number of nitrogens with two attached hydrogens (primary N) is 1. The summed E-state index contributed by atoms with van der Waals surface area (Å²) in [5.41, 5.74) is 7.90. The van der Waals surface area contributed by atoms with E-state index in [2.05, 4.69) is 4.98 Å². The molecule has 5 heteroatoms. The number of anilines is 1. The van der Waals surface area contributed by atoms with Crippen molar-refractivity contribution >= 4 is 22.8 Å².